The molecule has 3 aromatic carbocycles. The number of carbonyl (C=O) groups excluding carboxylic acids is 3. The highest BCUT2D eigenvalue weighted by molar-refractivity contribution is 8.00. The summed E-state index contributed by atoms with van der Waals surface area (Å²) < 4.78 is 0. The Kier molecular flexibility index (Phi) is 9.89. The molecular weight excluding hydrogens is 572 g/mol. The number of nitrogens with one attached hydrogen (secondary N) is 3. The van der Waals surface area contributed by atoms with Gasteiger partial charge in [0.2, 0.25) is 11.8 Å². The third kappa shape index (κ3) is 7.72. The molecule has 4 rings (SSSR count). The summed E-state index contributed by atoms with van der Waals surface area (Å²) in [7, 11) is 0. The first-order valence-electron chi connectivity index (χ1n) is 12.5. The largest absolute Gasteiger partial charge is 0.478 e. The highest BCUT2D eigenvalue weighted by Gasteiger charge is 2.26. The van der Waals surface area contributed by atoms with Gasteiger partial charge in [-0.1, -0.05) is 54.6 Å². The molecule has 0 aliphatic carbocycles. The van der Waals surface area contributed by atoms with Gasteiger partial charge in [0.25, 0.3) is 5.91 Å². The van der Waals surface area contributed by atoms with E-state index in [1.54, 1.807) is 55.5 Å². The Balaban J connectivity index is 1.57. The summed E-state index contributed by atoms with van der Waals surface area (Å²) >= 11 is 2.26. The second kappa shape index (κ2) is 13.9. The molecule has 0 spiro atoms. The average Bonchev–Trinajstić information content (AvgIpc) is 3.30. The number of carbonyl (C=O) groups is 4. The number of nitrogens with zero attached hydrogens (tertiary/aromatic N) is 1. The van der Waals surface area contributed by atoms with Gasteiger partial charge in [-0.25, -0.2) is 4.79 Å². The van der Waals surface area contributed by atoms with E-state index in [-0.39, 0.29) is 16.5 Å². The molecule has 0 saturated heterocycles. The lowest BCUT2D eigenvalue weighted by Crippen LogP contribution is -2.19. The molecule has 0 radical (unpaired) electrons. The molecule has 4 N–H and O–H groups in total. The van der Waals surface area contributed by atoms with Crippen molar-refractivity contribution in [2.24, 2.45) is 0 Å². The van der Waals surface area contributed by atoms with Crippen molar-refractivity contribution in [2.45, 2.75) is 17.1 Å². The number of anilines is 3. The van der Waals surface area contributed by atoms with E-state index in [0.29, 0.717) is 32.3 Å². The molecule has 210 valence electrons. The number of nitriles is 1. The second-order valence-corrected chi connectivity index (χ2v) is 11.0. The molecule has 3 amide bonds. The molecule has 1 heterocycles. The van der Waals surface area contributed by atoms with Crippen molar-refractivity contribution in [1.82, 2.24) is 0 Å². The Bertz CT molecular complexity index is 1700. The Morgan fingerprint density at radius 1 is 0.881 bits per heavy atom. The number of hydrogen-bond donors (Lipinski definition) is 4. The van der Waals surface area contributed by atoms with Crippen LogP contribution >= 0.6 is 23.1 Å². The van der Waals surface area contributed by atoms with E-state index < -0.39 is 23.0 Å². The van der Waals surface area contributed by atoms with Gasteiger partial charge in [-0.15, -0.1) is 23.1 Å². The minimum atomic E-state index is -1.24. The molecule has 1 atom stereocenters. The first kappa shape index (κ1) is 29.8. The van der Waals surface area contributed by atoms with Crippen molar-refractivity contribution in [3.8, 4) is 6.07 Å². The first-order chi connectivity index (χ1) is 20.2. The van der Waals surface area contributed by atoms with E-state index in [2.05, 4.69) is 22.0 Å². The van der Waals surface area contributed by atoms with Gasteiger partial charge in [-0.2, -0.15) is 5.26 Å². The zero-order chi connectivity index (χ0) is 30.1. The van der Waals surface area contributed by atoms with Crippen LogP contribution in [0.1, 0.15) is 31.6 Å². The van der Waals surface area contributed by atoms with Crippen molar-refractivity contribution in [3.63, 3.8) is 0 Å². The molecule has 9 nitrogen and oxygen atoms in total. The Morgan fingerprint density at radius 2 is 1.55 bits per heavy atom. The van der Waals surface area contributed by atoms with E-state index in [9.17, 15) is 24.4 Å². The van der Waals surface area contributed by atoms with E-state index in [1.165, 1.54) is 11.8 Å². The minimum absolute atomic E-state index is 0.211. The lowest BCUT2D eigenvalue weighted by molar-refractivity contribution is -0.131. The van der Waals surface area contributed by atoms with E-state index in [4.69, 9.17) is 5.11 Å². The van der Waals surface area contributed by atoms with Crippen LogP contribution < -0.4 is 16.0 Å². The zero-order valence-corrected chi connectivity index (χ0v) is 23.8. The summed E-state index contributed by atoms with van der Waals surface area (Å²) in [5.74, 6) is -2.64. The predicted octanol–water partition coefficient (Wildman–Crippen LogP) is 6.23. The third-order valence-corrected chi connectivity index (χ3v) is 8.26. The van der Waals surface area contributed by atoms with E-state index in [1.807, 2.05) is 36.4 Å². The zero-order valence-electron chi connectivity index (χ0n) is 22.2. The number of aliphatic carboxylic acids is 1. The second-order valence-electron chi connectivity index (χ2n) is 8.78. The SMILES string of the molecule is Cc1c(C(=O)Nc2ccccc2)sc(NC(=O)C(Sc2cccc(NC(=O)/C=C/C(=O)O)c2)c2ccccc2)c1C#N. The standard InChI is InChI=1S/C31H24N4O5S2/c1-19-24(18-32)31(42-27(19)29(39)34-21-11-6-3-7-12-21)35-30(40)28(20-9-4-2-5-10-20)41-23-14-8-13-22(17-23)33-25(36)15-16-26(37)38/h2-17,28H,1H3,(H,33,36)(H,34,39)(H,35,40)(H,37,38)/b16-15+. The van der Waals surface area contributed by atoms with Crippen LogP contribution in [0.2, 0.25) is 0 Å². The fraction of sp³-hybridized carbons (Fsp3) is 0.0645. The van der Waals surface area contributed by atoms with Gasteiger partial charge in [0.15, 0.2) is 0 Å². The van der Waals surface area contributed by atoms with Crippen LogP contribution in [0, 0.1) is 18.3 Å². The highest BCUT2D eigenvalue weighted by Crippen LogP contribution is 2.39. The smallest absolute Gasteiger partial charge is 0.328 e. The molecule has 1 unspecified atom stereocenters. The number of carboxylic acids is 1. The monoisotopic (exact) mass is 596 g/mol. The number of hydrogen-bond acceptors (Lipinski definition) is 7. The van der Waals surface area contributed by atoms with Gasteiger partial charge in [-0.05, 0) is 48.4 Å². The van der Waals surface area contributed by atoms with Crippen molar-refractivity contribution >= 4 is 63.2 Å². The maximum absolute atomic E-state index is 13.7. The quantitative estimate of drug-likeness (QED) is 0.125. The van der Waals surface area contributed by atoms with Crippen molar-refractivity contribution < 1.29 is 24.3 Å². The lowest BCUT2D eigenvalue weighted by atomic mass is 10.1. The lowest BCUT2D eigenvalue weighted by Gasteiger charge is -2.17. The maximum atomic E-state index is 13.7. The Hall–Kier alpha value is -5.18. The van der Waals surface area contributed by atoms with Gasteiger partial charge in [0, 0.05) is 28.4 Å². The molecular formula is C31H24N4O5S2. The van der Waals surface area contributed by atoms with Gasteiger partial charge >= 0.3 is 5.97 Å². The van der Waals surface area contributed by atoms with Crippen LogP contribution in [0.4, 0.5) is 16.4 Å². The summed E-state index contributed by atoms with van der Waals surface area (Å²) in [6.07, 6.45) is 1.65. The van der Waals surface area contributed by atoms with E-state index >= 15 is 0 Å². The molecule has 11 heteroatoms. The summed E-state index contributed by atoms with van der Waals surface area (Å²) in [4.78, 5) is 50.4. The molecule has 0 aliphatic rings. The summed E-state index contributed by atoms with van der Waals surface area (Å²) in [5, 5.41) is 26.4. The van der Waals surface area contributed by atoms with Crippen molar-refractivity contribution in [3.05, 3.63) is 119 Å². The van der Waals surface area contributed by atoms with Gasteiger partial charge in [-0.3, -0.25) is 14.4 Å². The fourth-order valence-electron chi connectivity index (χ4n) is 3.85. The van der Waals surface area contributed by atoms with Gasteiger partial charge < -0.3 is 21.1 Å². The normalized spacial score (nSPS) is 11.3. The highest BCUT2D eigenvalue weighted by atomic mass is 32.2. The maximum Gasteiger partial charge on any atom is 0.328 e. The van der Waals surface area contributed by atoms with Crippen LogP contribution in [-0.2, 0) is 14.4 Å². The van der Waals surface area contributed by atoms with Crippen LogP contribution in [0.3, 0.4) is 0 Å². The summed E-state index contributed by atoms with van der Waals surface area (Å²) in [5.41, 5.74) is 2.41. The number of benzene rings is 3. The van der Waals surface area contributed by atoms with Crippen LogP contribution in [-0.4, -0.2) is 28.8 Å². The molecule has 0 bridgehead atoms. The topological polar surface area (TPSA) is 148 Å². The van der Waals surface area contributed by atoms with Gasteiger partial charge in [0.05, 0.1) is 10.4 Å². The molecule has 1 aromatic heterocycles. The number of rotatable bonds is 10. The predicted molar refractivity (Wildman–Crippen MR) is 164 cm³/mol. The van der Waals surface area contributed by atoms with Gasteiger partial charge in [0.1, 0.15) is 16.3 Å². The van der Waals surface area contributed by atoms with Crippen LogP contribution in [0.15, 0.2) is 102 Å². The molecule has 42 heavy (non-hydrogen) atoms. The minimum Gasteiger partial charge on any atom is -0.478 e. The number of thioether (sulfide) groups is 1. The van der Waals surface area contributed by atoms with Crippen molar-refractivity contribution in [1.29, 1.82) is 5.26 Å². The fourth-order valence-corrected chi connectivity index (χ4v) is 5.99. The van der Waals surface area contributed by atoms with Crippen LogP contribution in [0.5, 0.6) is 0 Å². The Labute approximate surface area is 249 Å². The summed E-state index contributed by atoms with van der Waals surface area (Å²) in [6, 6.07) is 26.9. The number of amides is 3. The number of thiophene rings is 1. The van der Waals surface area contributed by atoms with Crippen LogP contribution in [0.25, 0.3) is 0 Å². The molecule has 4 aromatic rings. The molecule has 0 saturated carbocycles. The molecule has 0 aliphatic heterocycles. The number of carboxylic acid groups (broad SMARTS) is 1. The van der Waals surface area contributed by atoms with E-state index in [0.717, 1.165) is 23.5 Å². The Morgan fingerprint density at radius 3 is 2.21 bits per heavy atom. The first-order valence-corrected chi connectivity index (χ1v) is 14.2. The summed E-state index contributed by atoms with van der Waals surface area (Å²) in [6.45, 7) is 1.67. The number of para-hydroxylation sites is 1. The molecule has 0 fully saturated rings. The van der Waals surface area contributed by atoms with Crippen molar-refractivity contribution in [2.75, 3.05) is 16.0 Å². The average molecular weight is 597 g/mol. The third-order valence-electron chi connectivity index (χ3n) is 5.81.